The lowest BCUT2D eigenvalue weighted by molar-refractivity contribution is 1.49. The molecule has 0 N–H and O–H groups in total. The Morgan fingerprint density at radius 3 is 3.00 bits per heavy atom. The minimum absolute atomic E-state index is 0.589. The average Bonchev–Trinajstić information content (AvgIpc) is 2.54. The van der Waals surface area contributed by atoms with E-state index >= 15 is 0 Å². The Labute approximate surface area is 92.7 Å². The molecule has 13 heavy (non-hydrogen) atoms. The van der Waals surface area contributed by atoms with Crippen molar-refractivity contribution < 1.29 is 0 Å². The van der Waals surface area contributed by atoms with Crippen molar-refractivity contribution in [3.8, 4) is 6.07 Å². The van der Waals surface area contributed by atoms with E-state index in [0.29, 0.717) is 15.1 Å². The summed E-state index contributed by atoms with van der Waals surface area (Å²) in [6.45, 7) is 0. The molecule has 0 radical (unpaired) electrons. The largest absolute Gasteiger partial charge is 0.192 e. The molecule has 0 atom stereocenters. The van der Waals surface area contributed by atoms with Gasteiger partial charge in [-0.05, 0) is 33.4 Å². The molecule has 0 unspecified atom stereocenters. The highest BCUT2D eigenvalue weighted by Gasteiger charge is 2.10. The Balaban J connectivity index is 2.98. The Morgan fingerprint density at radius 2 is 2.31 bits per heavy atom. The van der Waals surface area contributed by atoms with Crippen LogP contribution in [-0.4, -0.2) is 0 Å². The topological polar surface area (TPSA) is 23.8 Å². The zero-order chi connectivity index (χ0) is 9.42. The van der Waals surface area contributed by atoms with Crippen molar-refractivity contribution in [1.82, 2.24) is 0 Å². The molecule has 0 saturated heterocycles. The SMILES string of the molecule is N#Cc1c(Br)c(Cl)cc2sccc12. The molecular weight excluding hydrogens is 270 g/mol. The van der Waals surface area contributed by atoms with E-state index < -0.39 is 0 Å². The van der Waals surface area contributed by atoms with Crippen LogP contribution in [0, 0.1) is 11.3 Å². The third-order valence-electron chi connectivity index (χ3n) is 1.76. The summed E-state index contributed by atoms with van der Waals surface area (Å²) in [5, 5.41) is 12.4. The fraction of sp³-hybridized carbons (Fsp3) is 0. The number of halogens is 2. The van der Waals surface area contributed by atoms with Gasteiger partial charge >= 0.3 is 0 Å². The van der Waals surface area contributed by atoms with Gasteiger partial charge in [-0.25, -0.2) is 0 Å². The molecule has 1 heterocycles. The second kappa shape index (κ2) is 3.30. The summed E-state index contributed by atoms with van der Waals surface area (Å²) < 4.78 is 1.73. The van der Waals surface area contributed by atoms with Gasteiger partial charge in [-0.2, -0.15) is 5.26 Å². The lowest BCUT2D eigenvalue weighted by atomic mass is 10.1. The van der Waals surface area contributed by atoms with Gasteiger partial charge in [0.2, 0.25) is 0 Å². The van der Waals surface area contributed by atoms with Crippen molar-refractivity contribution in [3.63, 3.8) is 0 Å². The van der Waals surface area contributed by atoms with Crippen LogP contribution >= 0.6 is 38.9 Å². The normalized spacial score (nSPS) is 10.2. The summed E-state index contributed by atoms with van der Waals surface area (Å²) in [4.78, 5) is 0. The third-order valence-corrected chi connectivity index (χ3v) is 3.98. The first-order valence-corrected chi connectivity index (χ1v) is 5.54. The molecule has 0 spiro atoms. The third kappa shape index (κ3) is 1.35. The van der Waals surface area contributed by atoms with Gasteiger partial charge in [0.25, 0.3) is 0 Å². The minimum Gasteiger partial charge on any atom is -0.192 e. The molecule has 0 saturated carbocycles. The Bertz CT molecular complexity index is 512. The number of rotatable bonds is 0. The molecule has 4 heteroatoms. The molecular formula is C9H3BrClNS. The van der Waals surface area contributed by atoms with Gasteiger partial charge in [0.1, 0.15) is 6.07 Å². The second-order valence-corrected chi connectivity index (χ2v) is 4.64. The van der Waals surface area contributed by atoms with Crippen molar-refractivity contribution >= 4 is 49.0 Å². The lowest BCUT2D eigenvalue weighted by Crippen LogP contribution is -1.79. The first-order chi connectivity index (χ1) is 6.24. The second-order valence-electron chi connectivity index (χ2n) is 2.49. The van der Waals surface area contributed by atoms with Crippen LogP contribution in [0.15, 0.2) is 22.0 Å². The molecule has 0 aliphatic carbocycles. The summed E-state index contributed by atoms with van der Waals surface area (Å²) in [7, 11) is 0. The average molecular weight is 273 g/mol. The van der Waals surface area contributed by atoms with Gasteiger partial charge in [0, 0.05) is 10.1 Å². The van der Waals surface area contributed by atoms with E-state index in [0.717, 1.165) is 10.1 Å². The minimum atomic E-state index is 0.589. The fourth-order valence-electron chi connectivity index (χ4n) is 1.16. The van der Waals surface area contributed by atoms with E-state index in [1.54, 1.807) is 11.3 Å². The molecule has 0 amide bonds. The van der Waals surface area contributed by atoms with Gasteiger partial charge in [0.15, 0.2) is 0 Å². The molecule has 1 nitrogen and oxygen atoms in total. The molecule has 2 aromatic rings. The van der Waals surface area contributed by atoms with E-state index in [9.17, 15) is 0 Å². The van der Waals surface area contributed by atoms with Crippen LogP contribution < -0.4 is 0 Å². The van der Waals surface area contributed by atoms with Crippen LogP contribution in [0.2, 0.25) is 5.02 Å². The summed E-state index contributed by atoms with van der Waals surface area (Å²) in [6.07, 6.45) is 0. The van der Waals surface area contributed by atoms with E-state index in [1.165, 1.54) is 0 Å². The summed E-state index contributed by atoms with van der Waals surface area (Å²) in [6, 6.07) is 5.94. The van der Waals surface area contributed by atoms with Crippen molar-refractivity contribution in [1.29, 1.82) is 5.26 Å². The molecule has 1 aromatic heterocycles. The summed E-state index contributed by atoms with van der Waals surface area (Å²) in [5.74, 6) is 0. The highest BCUT2D eigenvalue weighted by atomic mass is 79.9. The highest BCUT2D eigenvalue weighted by Crippen LogP contribution is 2.35. The quantitative estimate of drug-likeness (QED) is 0.705. The number of benzene rings is 1. The molecule has 0 bridgehead atoms. The number of nitriles is 1. The Kier molecular flexibility index (Phi) is 2.29. The van der Waals surface area contributed by atoms with Gasteiger partial charge < -0.3 is 0 Å². The highest BCUT2D eigenvalue weighted by molar-refractivity contribution is 9.10. The van der Waals surface area contributed by atoms with Crippen LogP contribution in [0.5, 0.6) is 0 Å². The number of nitrogens with zero attached hydrogens (tertiary/aromatic N) is 1. The zero-order valence-electron chi connectivity index (χ0n) is 6.34. The van der Waals surface area contributed by atoms with E-state index in [4.69, 9.17) is 16.9 Å². The zero-order valence-corrected chi connectivity index (χ0v) is 9.50. The predicted octanol–water partition coefficient (Wildman–Crippen LogP) is 4.19. The smallest absolute Gasteiger partial charge is 0.101 e. The van der Waals surface area contributed by atoms with Gasteiger partial charge in [-0.15, -0.1) is 11.3 Å². The summed E-state index contributed by atoms with van der Waals surface area (Å²) in [5.41, 5.74) is 0.615. The maximum absolute atomic E-state index is 8.93. The molecule has 1 aromatic carbocycles. The first kappa shape index (κ1) is 9.01. The van der Waals surface area contributed by atoms with E-state index in [2.05, 4.69) is 22.0 Å². The molecule has 0 aliphatic heterocycles. The monoisotopic (exact) mass is 271 g/mol. The lowest BCUT2D eigenvalue weighted by Gasteiger charge is -1.99. The molecule has 2 rings (SSSR count). The van der Waals surface area contributed by atoms with Crippen molar-refractivity contribution in [3.05, 3.63) is 32.6 Å². The number of thiophene rings is 1. The van der Waals surface area contributed by atoms with Crippen LogP contribution in [0.25, 0.3) is 10.1 Å². The Hall–Kier alpha value is -0.560. The molecule has 0 aliphatic rings. The van der Waals surface area contributed by atoms with Crippen LogP contribution in [0.3, 0.4) is 0 Å². The molecule has 0 fully saturated rings. The number of hydrogen-bond donors (Lipinski definition) is 0. The van der Waals surface area contributed by atoms with Crippen molar-refractivity contribution in [2.24, 2.45) is 0 Å². The van der Waals surface area contributed by atoms with Gasteiger partial charge in [-0.3, -0.25) is 0 Å². The summed E-state index contributed by atoms with van der Waals surface area (Å²) >= 11 is 10.8. The van der Waals surface area contributed by atoms with E-state index in [1.807, 2.05) is 17.5 Å². The standard InChI is InChI=1S/C9H3BrClNS/c10-9-6(4-12)5-1-2-13-8(5)3-7(9)11/h1-3H. The fourth-order valence-corrected chi connectivity index (χ4v) is 2.68. The van der Waals surface area contributed by atoms with Crippen LogP contribution in [0.1, 0.15) is 5.56 Å². The maximum atomic E-state index is 8.93. The number of hydrogen-bond acceptors (Lipinski definition) is 2. The predicted molar refractivity (Wildman–Crippen MR) is 59.3 cm³/mol. The first-order valence-electron chi connectivity index (χ1n) is 3.49. The maximum Gasteiger partial charge on any atom is 0.101 e. The number of fused-ring (bicyclic) bond motifs is 1. The van der Waals surface area contributed by atoms with Crippen molar-refractivity contribution in [2.75, 3.05) is 0 Å². The van der Waals surface area contributed by atoms with Crippen molar-refractivity contribution in [2.45, 2.75) is 0 Å². The Morgan fingerprint density at radius 1 is 1.54 bits per heavy atom. The van der Waals surface area contributed by atoms with Crippen LogP contribution in [0.4, 0.5) is 0 Å². The van der Waals surface area contributed by atoms with E-state index in [-0.39, 0.29) is 0 Å². The van der Waals surface area contributed by atoms with Gasteiger partial charge in [-0.1, -0.05) is 11.6 Å². The van der Waals surface area contributed by atoms with Crippen LogP contribution in [-0.2, 0) is 0 Å². The molecule has 64 valence electrons. The van der Waals surface area contributed by atoms with Gasteiger partial charge in [0.05, 0.1) is 15.1 Å².